The van der Waals surface area contributed by atoms with Gasteiger partial charge >= 0.3 is 0 Å². The van der Waals surface area contributed by atoms with Gasteiger partial charge in [-0.1, -0.05) is 0 Å². The molecule has 1 rings (SSSR count). The van der Waals surface area contributed by atoms with Crippen LogP contribution in [0.4, 0.5) is 0 Å². The molecule has 0 amide bonds. The van der Waals surface area contributed by atoms with Crippen molar-refractivity contribution in [3.8, 4) is 0 Å². The summed E-state index contributed by atoms with van der Waals surface area (Å²) in [6.07, 6.45) is 0.847. The molecule has 1 aliphatic heterocycles. The Kier molecular flexibility index (Phi) is 1.57. The number of nitrogens with one attached hydrogen (secondary N) is 1. The standard InChI is InChI=1S/C4H9N3O/c5-7-3-6-1-4(7)2-8/h2,4,6H,1,3,5H2. The summed E-state index contributed by atoms with van der Waals surface area (Å²) in [7, 11) is 0. The van der Waals surface area contributed by atoms with Crippen LogP contribution in [0.3, 0.4) is 0 Å². The van der Waals surface area contributed by atoms with Crippen LogP contribution in [0.1, 0.15) is 0 Å². The van der Waals surface area contributed by atoms with Crippen LogP contribution in [0.5, 0.6) is 0 Å². The van der Waals surface area contributed by atoms with E-state index in [0.717, 1.165) is 6.29 Å². The number of hydrogen-bond donors (Lipinski definition) is 2. The summed E-state index contributed by atoms with van der Waals surface area (Å²) in [5.41, 5.74) is 0. The van der Waals surface area contributed by atoms with E-state index in [2.05, 4.69) is 5.32 Å². The molecule has 1 heterocycles. The highest BCUT2D eigenvalue weighted by Gasteiger charge is 2.19. The molecule has 3 N–H and O–H groups in total. The van der Waals surface area contributed by atoms with E-state index in [9.17, 15) is 4.79 Å². The van der Waals surface area contributed by atoms with Crippen molar-refractivity contribution >= 4 is 6.29 Å². The fourth-order valence-electron chi connectivity index (χ4n) is 0.702. The van der Waals surface area contributed by atoms with E-state index in [0.29, 0.717) is 13.2 Å². The Morgan fingerprint density at radius 1 is 1.88 bits per heavy atom. The van der Waals surface area contributed by atoms with Crippen LogP contribution >= 0.6 is 0 Å². The number of hydrogen-bond acceptors (Lipinski definition) is 4. The van der Waals surface area contributed by atoms with E-state index >= 15 is 0 Å². The monoisotopic (exact) mass is 115 g/mol. The van der Waals surface area contributed by atoms with Crippen molar-refractivity contribution in [2.24, 2.45) is 5.84 Å². The minimum absolute atomic E-state index is 0.116. The fraction of sp³-hybridized carbons (Fsp3) is 0.750. The first-order chi connectivity index (χ1) is 3.84. The molecule has 1 saturated heterocycles. The zero-order valence-corrected chi connectivity index (χ0v) is 4.50. The van der Waals surface area contributed by atoms with E-state index in [1.165, 1.54) is 5.01 Å². The highest BCUT2D eigenvalue weighted by Crippen LogP contribution is 1.92. The zero-order chi connectivity index (χ0) is 5.98. The lowest BCUT2D eigenvalue weighted by Gasteiger charge is -2.08. The quantitative estimate of drug-likeness (QED) is 0.315. The second kappa shape index (κ2) is 2.21. The molecular formula is C4H9N3O. The summed E-state index contributed by atoms with van der Waals surface area (Å²) >= 11 is 0. The number of aldehydes is 1. The van der Waals surface area contributed by atoms with Gasteiger partial charge in [0.25, 0.3) is 0 Å². The summed E-state index contributed by atoms with van der Waals surface area (Å²) in [5, 5.41) is 4.42. The molecule has 1 aliphatic rings. The maximum absolute atomic E-state index is 10.1. The maximum Gasteiger partial charge on any atom is 0.139 e. The SMILES string of the molecule is NN1CNCC1C=O. The minimum atomic E-state index is -0.116. The molecule has 0 aromatic carbocycles. The number of rotatable bonds is 1. The van der Waals surface area contributed by atoms with Gasteiger partial charge in [-0.2, -0.15) is 0 Å². The lowest BCUT2D eigenvalue weighted by atomic mass is 10.4. The second-order valence-corrected chi connectivity index (χ2v) is 1.83. The molecule has 0 spiro atoms. The van der Waals surface area contributed by atoms with Gasteiger partial charge in [0.2, 0.25) is 0 Å². The Bertz CT molecular complexity index is 95.3. The molecule has 0 radical (unpaired) electrons. The summed E-state index contributed by atoms with van der Waals surface area (Å²) in [5.74, 6) is 5.33. The summed E-state index contributed by atoms with van der Waals surface area (Å²) < 4.78 is 0. The predicted octanol–water partition coefficient (Wildman–Crippen LogP) is -1.71. The number of carbonyl (C=O) groups excluding carboxylic acids is 1. The van der Waals surface area contributed by atoms with Gasteiger partial charge in [0.15, 0.2) is 0 Å². The van der Waals surface area contributed by atoms with Gasteiger partial charge < -0.3 is 10.1 Å². The molecule has 1 fully saturated rings. The molecule has 4 nitrogen and oxygen atoms in total. The van der Waals surface area contributed by atoms with Crippen molar-refractivity contribution in [1.29, 1.82) is 0 Å². The molecule has 0 bridgehead atoms. The highest BCUT2D eigenvalue weighted by atomic mass is 16.1. The van der Waals surface area contributed by atoms with Crippen molar-refractivity contribution < 1.29 is 4.79 Å². The molecule has 46 valence electrons. The Morgan fingerprint density at radius 3 is 2.88 bits per heavy atom. The lowest BCUT2D eigenvalue weighted by Crippen LogP contribution is -2.37. The molecule has 0 aromatic rings. The third kappa shape index (κ3) is 0.861. The maximum atomic E-state index is 10.1. The van der Waals surface area contributed by atoms with Crippen LogP contribution < -0.4 is 11.2 Å². The summed E-state index contributed by atoms with van der Waals surface area (Å²) in [6, 6.07) is -0.116. The molecule has 0 aromatic heterocycles. The second-order valence-electron chi connectivity index (χ2n) is 1.83. The zero-order valence-electron chi connectivity index (χ0n) is 4.50. The van der Waals surface area contributed by atoms with Gasteiger partial charge in [0.1, 0.15) is 6.29 Å². The number of nitrogens with two attached hydrogens (primary N) is 1. The van der Waals surface area contributed by atoms with Gasteiger partial charge in [-0.05, 0) is 0 Å². The van der Waals surface area contributed by atoms with Gasteiger partial charge in [0, 0.05) is 6.54 Å². The largest absolute Gasteiger partial charge is 0.302 e. The van der Waals surface area contributed by atoms with E-state index in [1.54, 1.807) is 0 Å². The molecule has 4 heteroatoms. The Balaban J connectivity index is 2.41. The smallest absolute Gasteiger partial charge is 0.139 e. The van der Waals surface area contributed by atoms with Crippen molar-refractivity contribution in [1.82, 2.24) is 10.3 Å². The number of nitrogens with zero attached hydrogens (tertiary/aromatic N) is 1. The van der Waals surface area contributed by atoms with Gasteiger partial charge in [0.05, 0.1) is 12.7 Å². The first kappa shape index (κ1) is 5.68. The fourth-order valence-corrected chi connectivity index (χ4v) is 0.702. The Labute approximate surface area is 47.6 Å². The molecule has 1 unspecified atom stereocenters. The summed E-state index contributed by atoms with van der Waals surface area (Å²) in [4.78, 5) is 10.1. The van der Waals surface area contributed by atoms with Crippen LogP contribution in [-0.2, 0) is 4.79 Å². The van der Waals surface area contributed by atoms with E-state index < -0.39 is 0 Å². The Morgan fingerprint density at radius 2 is 2.62 bits per heavy atom. The van der Waals surface area contributed by atoms with E-state index in [1.807, 2.05) is 0 Å². The molecular weight excluding hydrogens is 106 g/mol. The summed E-state index contributed by atoms with van der Waals surface area (Å²) in [6.45, 7) is 1.30. The first-order valence-corrected chi connectivity index (χ1v) is 2.52. The molecule has 0 saturated carbocycles. The Hall–Kier alpha value is -0.450. The van der Waals surface area contributed by atoms with Crippen LogP contribution in [0, 0.1) is 0 Å². The average molecular weight is 115 g/mol. The van der Waals surface area contributed by atoms with E-state index in [4.69, 9.17) is 5.84 Å². The number of hydrazine groups is 1. The first-order valence-electron chi connectivity index (χ1n) is 2.52. The van der Waals surface area contributed by atoms with Crippen molar-refractivity contribution in [3.05, 3.63) is 0 Å². The normalized spacial score (nSPS) is 30.9. The van der Waals surface area contributed by atoms with Crippen molar-refractivity contribution in [2.75, 3.05) is 13.2 Å². The van der Waals surface area contributed by atoms with Crippen LogP contribution in [0.15, 0.2) is 0 Å². The van der Waals surface area contributed by atoms with Crippen LogP contribution in [0.25, 0.3) is 0 Å². The third-order valence-corrected chi connectivity index (χ3v) is 1.23. The molecule has 8 heavy (non-hydrogen) atoms. The van der Waals surface area contributed by atoms with E-state index in [-0.39, 0.29) is 6.04 Å². The highest BCUT2D eigenvalue weighted by molar-refractivity contribution is 5.58. The molecule has 0 aliphatic carbocycles. The van der Waals surface area contributed by atoms with Gasteiger partial charge in [-0.3, -0.25) is 5.84 Å². The average Bonchev–Trinajstić information content (AvgIpc) is 2.14. The van der Waals surface area contributed by atoms with Crippen molar-refractivity contribution in [2.45, 2.75) is 6.04 Å². The predicted molar refractivity (Wildman–Crippen MR) is 28.7 cm³/mol. The van der Waals surface area contributed by atoms with Gasteiger partial charge in [-0.25, -0.2) is 5.01 Å². The molecule has 1 atom stereocenters. The van der Waals surface area contributed by atoms with Crippen molar-refractivity contribution in [3.63, 3.8) is 0 Å². The topological polar surface area (TPSA) is 58.4 Å². The third-order valence-electron chi connectivity index (χ3n) is 1.23. The van der Waals surface area contributed by atoms with Crippen LogP contribution in [-0.4, -0.2) is 30.6 Å². The van der Waals surface area contributed by atoms with Crippen LogP contribution in [0.2, 0.25) is 0 Å². The minimum Gasteiger partial charge on any atom is -0.302 e. The number of carbonyl (C=O) groups is 1. The lowest BCUT2D eigenvalue weighted by molar-refractivity contribution is -0.111. The van der Waals surface area contributed by atoms with Gasteiger partial charge in [-0.15, -0.1) is 0 Å².